The number of thiophene rings is 1. The fourth-order valence-electron chi connectivity index (χ4n) is 3.18. The van der Waals surface area contributed by atoms with Crippen molar-refractivity contribution in [2.45, 2.75) is 20.3 Å². The molecule has 0 saturated carbocycles. The van der Waals surface area contributed by atoms with Crippen LogP contribution in [0.4, 0.5) is 5.69 Å². The number of nitro groups is 1. The molecule has 0 radical (unpaired) electrons. The standard InChI is InChI=1S/C24H16ClN3O6S/c1-3-33-24(30)23-13(2)18(12-27)22(35-23)10-20(29)14(11-26)8-16-5-7-21(34-16)17-9-15(28(31)32)4-6-19(17)25/h4-9H,3,10H2,1-2H3/b14-8+. The molecule has 9 nitrogen and oxygen atoms in total. The van der Waals surface area contributed by atoms with Crippen molar-refractivity contribution in [2.24, 2.45) is 0 Å². The number of nitro benzene ring substituents is 1. The summed E-state index contributed by atoms with van der Waals surface area (Å²) < 4.78 is 10.6. The molecule has 176 valence electrons. The quantitative estimate of drug-likeness (QED) is 0.124. The molecule has 0 aliphatic carbocycles. The van der Waals surface area contributed by atoms with E-state index in [0.29, 0.717) is 10.4 Å². The maximum atomic E-state index is 12.8. The monoisotopic (exact) mass is 509 g/mol. The first-order valence-electron chi connectivity index (χ1n) is 10.1. The Bertz CT molecular complexity index is 1450. The number of Topliss-reactive ketones (excluding diaryl/α,β-unsaturated/α-hetero) is 1. The number of esters is 1. The number of halogens is 1. The molecule has 35 heavy (non-hydrogen) atoms. The number of rotatable bonds is 8. The van der Waals surface area contributed by atoms with Gasteiger partial charge in [0, 0.05) is 35.1 Å². The van der Waals surface area contributed by atoms with Crippen molar-refractivity contribution in [1.82, 2.24) is 0 Å². The smallest absolute Gasteiger partial charge is 0.348 e. The molecule has 0 N–H and O–H groups in total. The number of furan rings is 1. The van der Waals surface area contributed by atoms with Gasteiger partial charge in [-0.2, -0.15) is 10.5 Å². The third-order valence-corrected chi connectivity index (χ3v) is 6.48. The average molecular weight is 510 g/mol. The number of ether oxygens (including phenoxy) is 1. The number of hydrogen-bond donors (Lipinski definition) is 0. The summed E-state index contributed by atoms with van der Waals surface area (Å²) >= 11 is 7.12. The fourth-order valence-corrected chi connectivity index (χ4v) is 4.54. The molecule has 3 rings (SSSR count). The molecule has 0 saturated heterocycles. The SMILES string of the molecule is CCOC(=O)c1sc(CC(=O)/C(C#N)=C/c2ccc(-c3cc([N+](=O)[O-])ccc3Cl)o2)c(C#N)c1C. The summed E-state index contributed by atoms with van der Waals surface area (Å²) in [5, 5.41) is 30.3. The number of non-ortho nitro benzene ring substituents is 1. The summed E-state index contributed by atoms with van der Waals surface area (Å²) in [7, 11) is 0. The minimum atomic E-state index is -0.579. The molecule has 0 fully saturated rings. The van der Waals surface area contributed by atoms with Gasteiger partial charge in [0.1, 0.15) is 28.5 Å². The van der Waals surface area contributed by atoms with Gasteiger partial charge < -0.3 is 9.15 Å². The van der Waals surface area contributed by atoms with E-state index >= 15 is 0 Å². The molecule has 3 aromatic rings. The number of nitrogens with zero attached hydrogens (tertiary/aromatic N) is 3. The predicted octanol–water partition coefficient (Wildman–Crippen LogP) is 5.65. The number of carbonyl (C=O) groups is 2. The predicted molar refractivity (Wildman–Crippen MR) is 128 cm³/mol. The Morgan fingerprint density at radius 2 is 2.03 bits per heavy atom. The van der Waals surface area contributed by atoms with Crippen molar-refractivity contribution in [3.8, 4) is 23.5 Å². The Balaban J connectivity index is 1.89. The zero-order valence-corrected chi connectivity index (χ0v) is 20.0. The molecule has 2 aromatic heterocycles. The first kappa shape index (κ1) is 25.4. The Hall–Kier alpha value is -4.25. The minimum absolute atomic E-state index is 0.155. The van der Waals surface area contributed by atoms with Crippen LogP contribution in [-0.4, -0.2) is 23.3 Å². The molecular formula is C24H16ClN3O6S. The van der Waals surface area contributed by atoms with Crippen LogP contribution >= 0.6 is 22.9 Å². The molecule has 0 aliphatic rings. The maximum absolute atomic E-state index is 12.8. The van der Waals surface area contributed by atoms with Crippen molar-refractivity contribution in [2.75, 3.05) is 6.61 Å². The van der Waals surface area contributed by atoms with E-state index in [-0.39, 0.29) is 56.8 Å². The van der Waals surface area contributed by atoms with Crippen LogP contribution in [0.2, 0.25) is 5.02 Å². The van der Waals surface area contributed by atoms with Crippen LogP contribution < -0.4 is 0 Å². The van der Waals surface area contributed by atoms with Gasteiger partial charge in [0.2, 0.25) is 0 Å². The minimum Gasteiger partial charge on any atom is -0.462 e. The maximum Gasteiger partial charge on any atom is 0.348 e. The van der Waals surface area contributed by atoms with Crippen LogP contribution in [0, 0.1) is 39.7 Å². The van der Waals surface area contributed by atoms with Crippen LogP contribution in [0.3, 0.4) is 0 Å². The average Bonchev–Trinajstić information content (AvgIpc) is 3.41. The van der Waals surface area contributed by atoms with E-state index in [1.807, 2.05) is 12.1 Å². The summed E-state index contributed by atoms with van der Waals surface area (Å²) in [6.07, 6.45) is 0.966. The Labute approximate surface area is 208 Å². The highest BCUT2D eigenvalue weighted by atomic mass is 35.5. The molecule has 11 heteroatoms. The Kier molecular flexibility index (Phi) is 7.82. The summed E-state index contributed by atoms with van der Waals surface area (Å²) in [5.41, 5.74) is 0.496. The molecule has 0 aliphatic heterocycles. The lowest BCUT2D eigenvalue weighted by atomic mass is 10.0. The van der Waals surface area contributed by atoms with Gasteiger partial charge in [-0.3, -0.25) is 14.9 Å². The van der Waals surface area contributed by atoms with Gasteiger partial charge in [0.05, 0.1) is 27.7 Å². The van der Waals surface area contributed by atoms with E-state index in [4.69, 9.17) is 20.8 Å². The number of carbonyl (C=O) groups excluding carboxylic acids is 2. The molecule has 2 heterocycles. The van der Waals surface area contributed by atoms with Crippen LogP contribution in [0.25, 0.3) is 17.4 Å². The number of hydrogen-bond acceptors (Lipinski definition) is 9. The van der Waals surface area contributed by atoms with Gasteiger partial charge in [-0.25, -0.2) is 4.79 Å². The molecule has 0 amide bonds. The van der Waals surface area contributed by atoms with Crippen LogP contribution in [0.15, 0.2) is 40.3 Å². The third kappa shape index (κ3) is 5.46. The molecular weight excluding hydrogens is 494 g/mol. The summed E-state index contributed by atoms with van der Waals surface area (Å²) in [6.45, 7) is 3.42. The zero-order valence-electron chi connectivity index (χ0n) is 18.5. The van der Waals surface area contributed by atoms with Crippen molar-refractivity contribution in [3.63, 3.8) is 0 Å². The van der Waals surface area contributed by atoms with Gasteiger partial charge in [-0.1, -0.05) is 11.6 Å². The van der Waals surface area contributed by atoms with Crippen LogP contribution in [-0.2, 0) is 16.0 Å². The highest BCUT2D eigenvalue weighted by molar-refractivity contribution is 7.14. The van der Waals surface area contributed by atoms with E-state index in [9.17, 15) is 30.2 Å². The van der Waals surface area contributed by atoms with Gasteiger partial charge in [0.15, 0.2) is 5.78 Å². The van der Waals surface area contributed by atoms with Gasteiger partial charge in [0.25, 0.3) is 5.69 Å². The van der Waals surface area contributed by atoms with Gasteiger partial charge in [-0.05, 0) is 37.6 Å². The van der Waals surface area contributed by atoms with Crippen LogP contribution in [0.5, 0.6) is 0 Å². The zero-order chi connectivity index (χ0) is 25.7. The second kappa shape index (κ2) is 10.8. The summed E-state index contributed by atoms with van der Waals surface area (Å²) in [5.74, 6) is -0.784. The van der Waals surface area contributed by atoms with Crippen molar-refractivity contribution < 1.29 is 23.7 Å². The lowest BCUT2D eigenvalue weighted by molar-refractivity contribution is -0.384. The second-order valence-corrected chi connectivity index (χ2v) is 8.59. The van der Waals surface area contributed by atoms with E-state index < -0.39 is 16.7 Å². The normalized spacial score (nSPS) is 10.9. The highest BCUT2D eigenvalue weighted by Gasteiger charge is 2.24. The third-order valence-electron chi connectivity index (χ3n) is 4.87. The van der Waals surface area contributed by atoms with Crippen LogP contribution in [0.1, 0.15) is 38.4 Å². The van der Waals surface area contributed by atoms with E-state index in [1.165, 1.54) is 36.4 Å². The Morgan fingerprint density at radius 3 is 2.66 bits per heavy atom. The largest absolute Gasteiger partial charge is 0.462 e. The molecule has 0 spiro atoms. The fraction of sp³-hybridized carbons (Fsp3) is 0.167. The molecule has 0 bridgehead atoms. The van der Waals surface area contributed by atoms with Gasteiger partial charge in [-0.15, -0.1) is 11.3 Å². The summed E-state index contributed by atoms with van der Waals surface area (Å²) in [6, 6.07) is 10.7. The van der Waals surface area contributed by atoms with Crippen molar-refractivity contribution in [3.05, 3.63) is 77.7 Å². The van der Waals surface area contributed by atoms with E-state index in [2.05, 4.69) is 0 Å². The lowest BCUT2D eigenvalue weighted by Gasteiger charge is -2.01. The topological polar surface area (TPSA) is 147 Å². The van der Waals surface area contributed by atoms with Crippen molar-refractivity contribution in [1.29, 1.82) is 10.5 Å². The van der Waals surface area contributed by atoms with E-state index in [0.717, 1.165) is 11.3 Å². The molecule has 0 atom stereocenters. The number of allylic oxidation sites excluding steroid dienone is 1. The first-order valence-corrected chi connectivity index (χ1v) is 11.3. The second-order valence-electron chi connectivity index (χ2n) is 7.08. The first-order chi connectivity index (χ1) is 16.7. The van der Waals surface area contributed by atoms with Gasteiger partial charge >= 0.3 is 5.97 Å². The number of benzene rings is 1. The molecule has 0 unspecified atom stereocenters. The molecule has 1 aromatic carbocycles. The van der Waals surface area contributed by atoms with Crippen molar-refractivity contribution >= 4 is 46.5 Å². The summed E-state index contributed by atoms with van der Waals surface area (Å²) in [4.78, 5) is 36.0. The highest BCUT2D eigenvalue weighted by Crippen LogP contribution is 2.33. The number of ketones is 1. The van der Waals surface area contributed by atoms with E-state index in [1.54, 1.807) is 13.8 Å². The number of nitriles is 2. The lowest BCUT2D eigenvalue weighted by Crippen LogP contribution is -2.05. The Morgan fingerprint density at radius 1 is 1.29 bits per heavy atom.